The van der Waals surface area contributed by atoms with Crippen LogP contribution in [0.15, 0.2) is 37.4 Å². The lowest BCUT2D eigenvalue weighted by Crippen LogP contribution is -2.17. The highest BCUT2D eigenvalue weighted by molar-refractivity contribution is 6.07. The Morgan fingerprint density at radius 1 is 0.852 bits per heavy atom. The van der Waals surface area contributed by atoms with Crippen LogP contribution in [0.3, 0.4) is 0 Å². The maximum Gasteiger partial charge on any atom is 0.349 e. The summed E-state index contributed by atoms with van der Waals surface area (Å²) in [5.41, 5.74) is -1.89. The maximum absolute atomic E-state index is 12.1. The predicted molar refractivity (Wildman–Crippen MR) is 87.6 cm³/mol. The van der Waals surface area contributed by atoms with E-state index in [1.807, 2.05) is 0 Å². The molecule has 0 aliphatic heterocycles. The molecule has 10 nitrogen and oxygen atoms in total. The summed E-state index contributed by atoms with van der Waals surface area (Å²) < 4.78 is 14.3. The minimum Gasteiger partial charge on any atom is -0.489 e. The molecule has 0 saturated heterocycles. The lowest BCUT2D eigenvalue weighted by atomic mass is 10.0. The Balaban J connectivity index is 3.25. The molecule has 1 aromatic rings. The highest BCUT2D eigenvalue weighted by Crippen LogP contribution is 2.25. The normalized spacial score (nSPS) is 9.63. The minimum atomic E-state index is -1.62. The zero-order valence-corrected chi connectivity index (χ0v) is 13.8. The van der Waals surface area contributed by atoms with Crippen molar-refractivity contribution < 1.29 is 48.4 Å². The van der Waals surface area contributed by atoms with E-state index in [0.717, 1.165) is 12.1 Å². The van der Waals surface area contributed by atoms with Crippen LogP contribution in [0.25, 0.3) is 0 Å². The largest absolute Gasteiger partial charge is 0.489 e. The molecule has 0 aliphatic carbocycles. The first-order chi connectivity index (χ1) is 12.7. The molecule has 0 bridgehead atoms. The van der Waals surface area contributed by atoms with Gasteiger partial charge >= 0.3 is 29.8 Å². The molecule has 2 N–H and O–H groups in total. The molecule has 1 aromatic carbocycles. The van der Waals surface area contributed by atoms with Crippen molar-refractivity contribution in [3.8, 4) is 5.75 Å². The number of esters is 3. The van der Waals surface area contributed by atoms with Crippen LogP contribution in [0.2, 0.25) is 0 Å². The fraction of sp³-hybridized carbons (Fsp3) is 0.118. The van der Waals surface area contributed by atoms with E-state index < -0.39 is 46.5 Å². The molecule has 10 heteroatoms. The first-order valence-electron chi connectivity index (χ1n) is 7.16. The number of carbonyl (C=O) groups is 5. The second kappa shape index (κ2) is 9.51. The fourth-order valence-electron chi connectivity index (χ4n) is 1.75. The predicted octanol–water partition coefficient (Wildman–Crippen LogP) is 1.06. The van der Waals surface area contributed by atoms with Crippen molar-refractivity contribution in [1.82, 2.24) is 0 Å². The van der Waals surface area contributed by atoms with E-state index in [-0.39, 0.29) is 19.0 Å². The van der Waals surface area contributed by atoms with Gasteiger partial charge in [-0.1, -0.05) is 13.2 Å². The van der Waals surface area contributed by atoms with Crippen molar-refractivity contribution in [2.24, 2.45) is 0 Å². The van der Waals surface area contributed by atoms with Gasteiger partial charge in [0.15, 0.2) is 0 Å². The fourth-order valence-corrected chi connectivity index (χ4v) is 1.75. The Labute approximate surface area is 152 Å². The summed E-state index contributed by atoms with van der Waals surface area (Å²) in [5.74, 6) is -6.71. The summed E-state index contributed by atoms with van der Waals surface area (Å²) in [6.45, 7) is 5.73. The van der Waals surface area contributed by atoms with E-state index in [1.54, 1.807) is 0 Å². The van der Waals surface area contributed by atoms with Crippen LogP contribution >= 0.6 is 0 Å². The summed E-state index contributed by atoms with van der Waals surface area (Å²) in [6.07, 6.45) is 1.62. The van der Waals surface area contributed by atoms with Crippen LogP contribution in [0.5, 0.6) is 5.75 Å². The molecule has 27 heavy (non-hydrogen) atoms. The van der Waals surface area contributed by atoms with E-state index in [1.165, 1.54) is 0 Å². The van der Waals surface area contributed by atoms with Crippen molar-refractivity contribution >= 4 is 29.8 Å². The van der Waals surface area contributed by atoms with E-state index in [4.69, 9.17) is 14.9 Å². The van der Waals surface area contributed by atoms with E-state index in [0.29, 0.717) is 12.1 Å². The first-order valence-corrected chi connectivity index (χ1v) is 7.16. The Morgan fingerprint density at radius 3 is 1.93 bits per heavy atom. The molecule has 0 heterocycles. The summed E-state index contributed by atoms with van der Waals surface area (Å²) in [7, 11) is 0. The lowest BCUT2D eigenvalue weighted by Gasteiger charge is -2.13. The highest BCUT2D eigenvalue weighted by atomic mass is 16.6. The number of carboxylic acids is 2. The van der Waals surface area contributed by atoms with Gasteiger partial charge in [0.25, 0.3) is 0 Å². The van der Waals surface area contributed by atoms with Crippen molar-refractivity contribution in [1.29, 1.82) is 0 Å². The topological polar surface area (TPSA) is 154 Å². The molecule has 0 aliphatic rings. The molecule has 0 spiro atoms. The molecule has 0 radical (unpaired) electrons. The van der Waals surface area contributed by atoms with Crippen LogP contribution in [0.4, 0.5) is 0 Å². The van der Waals surface area contributed by atoms with Gasteiger partial charge in [-0.25, -0.2) is 24.0 Å². The second-order valence-electron chi connectivity index (χ2n) is 4.64. The number of aromatic carboxylic acids is 2. The molecular weight excluding hydrogens is 364 g/mol. The standard InChI is InChI=1S/C17H14O10/c1-3-13(18)26-6-5-25-12-8-10(16(22)23)9(15(20)21)7-11(12)17(24)27-14(19)4-2/h3-4,7-8H,1-2,5-6H2,(H,20,21)(H,22,23). The average molecular weight is 378 g/mol. The molecule has 0 amide bonds. The molecular formula is C17H14O10. The van der Waals surface area contributed by atoms with Gasteiger partial charge < -0.3 is 24.4 Å². The van der Waals surface area contributed by atoms with Gasteiger partial charge in [0, 0.05) is 12.2 Å². The Morgan fingerprint density at radius 2 is 1.41 bits per heavy atom. The number of rotatable bonds is 9. The minimum absolute atomic E-state index is 0.270. The first kappa shape index (κ1) is 21.1. The summed E-state index contributed by atoms with van der Waals surface area (Å²) >= 11 is 0. The third-order valence-corrected chi connectivity index (χ3v) is 2.91. The number of hydrogen-bond acceptors (Lipinski definition) is 8. The van der Waals surface area contributed by atoms with Gasteiger partial charge in [0.2, 0.25) is 0 Å². The molecule has 0 unspecified atom stereocenters. The van der Waals surface area contributed by atoms with Crippen molar-refractivity contribution in [2.75, 3.05) is 13.2 Å². The molecule has 0 atom stereocenters. The third-order valence-electron chi connectivity index (χ3n) is 2.91. The van der Waals surface area contributed by atoms with Crippen molar-refractivity contribution in [3.05, 3.63) is 54.1 Å². The third kappa shape index (κ3) is 5.81. The van der Waals surface area contributed by atoms with Crippen LogP contribution in [0, 0.1) is 0 Å². The zero-order valence-electron chi connectivity index (χ0n) is 13.8. The number of benzene rings is 1. The van der Waals surface area contributed by atoms with Gasteiger partial charge in [-0.15, -0.1) is 0 Å². The molecule has 0 saturated carbocycles. The SMILES string of the molecule is C=CC(=O)OCCOc1cc(C(=O)O)c(C(=O)O)cc1C(=O)OC(=O)C=C. The molecule has 0 fully saturated rings. The van der Waals surface area contributed by atoms with Crippen molar-refractivity contribution in [2.45, 2.75) is 0 Å². The van der Waals surface area contributed by atoms with Crippen LogP contribution < -0.4 is 4.74 Å². The maximum atomic E-state index is 12.1. The Bertz CT molecular complexity index is 821. The number of carboxylic acid groups (broad SMARTS) is 2. The second-order valence-corrected chi connectivity index (χ2v) is 4.64. The van der Waals surface area contributed by atoms with Gasteiger partial charge in [-0.05, 0) is 12.1 Å². The van der Waals surface area contributed by atoms with E-state index in [2.05, 4.69) is 22.6 Å². The average Bonchev–Trinajstić information content (AvgIpc) is 2.63. The summed E-state index contributed by atoms with van der Waals surface area (Å²) in [5, 5.41) is 18.3. The highest BCUT2D eigenvalue weighted by Gasteiger charge is 2.25. The van der Waals surface area contributed by atoms with Crippen LogP contribution in [0.1, 0.15) is 31.1 Å². The van der Waals surface area contributed by atoms with Gasteiger partial charge in [0.1, 0.15) is 24.5 Å². The Kier molecular flexibility index (Phi) is 7.43. The van der Waals surface area contributed by atoms with Gasteiger partial charge in [-0.3, -0.25) is 0 Å². The monoisotopic (exact) mass is 378 g/mol. The smallest absolute Gasteiger partial charge is 0.349 e. The van der Waals surface area contributed by atoms with Crippen LogP contribution in [-0.2, 0) is 19.1 Å². The molecule has 142 valence electrons. The number of ether oxygens (including phenoxy) is 3. The molecule has 0 aromatic heterocycles. The van der Waals surface area contributed by atoms with Crippen LogP contribution in [-0.4, -0.2) is 53.3 Å². The van der Waals surface area contributed by atoms with Gasteiger partial charge in [-0.2, -0.15) is 0 Å². The quantitative estimate of drug-likeness (QED) is 0.276. The number of hydrogen-bond donors (Lipinski definition) is 2. The number of carbonyl (C=O) groups excluding carboxylic acids is 3. The van der Waals surface area contributed by atoms with E-state index >= 15 is 0 Å². The van der Waals surface area contributed by atoms with Crippen molar-refractivity contribution in [3.63, 3.8) is 0 Å². The summed E-state index contributed by atoms with van der Waals surface area (Å²) in [6, 6.07) is 1.49. The zero-order chi connectivity index (χ0) is 20.6. The lowest BCUT2D eigenvalue weighted by molar-refractivity contribution is -0.138. The van der Waals surface area contributed by atoms with E-state index in [9.17, 15) is 24.0 Å². The molecule has 1 rings (SSSR count). The summed E-state index contributed by atoms with van der Waals surface area (Å²) in [4.78, 5) is 56.7. The van der Waals surface area contributed by atoms with Gasteiger partial charge in [0.05, 0.1) is 11.1 Å². The Hall–Kier alpha value is -3.95.